The predicted molar refractivity (Wildman–Crippen MR) is 82.2 cm³/mol. The molecule has 1 aliphatic rings. The number of piperidine rings is 1. The van der Waals surface area contributed by atoms with Gasteiger partial charge in [0.1, 0.15) is 11.9 Å². The van der Waals surface area contributed by atoms with Gasteiger partial charge in [-0.1, -0.05) is 16.8 Å². The van der Waals surface area contributed by atoms with E-state index >= 15 is 0 Å². The average molecular weight is 321 g/mol. The standard InChI is InChI=1S/C16H17ClN2O3/c1-11-10-15(22-18-11)16(20)19-8-6-14(7-9-19)21-13-4-2-12(17)3-5-13/h2-5,10,14H,6-9H2,1H3. The zero-order chi connectivity index (χ0) is 15.5. The Kier molecular flexibility index (Phi) is 4.34. The predicted octanol–water partition coefficient (Wildman–Crippen LogP) is 3.32. The number of benzene rings is 1. The molecule has 1 aliphatic heterocycles. The molecule has 0 unspecified atom stereocenters. The van der Waals surface area contributed by atoms with Crippen molar-refractivity contribution in [3.05, 3.63) is 46.8 Å². The summed E-state index contributed by atoms with van der Waals surface area (Å²) in [4.78, 5) is 14.0. The van der Waals surface area contributed by atoms with Crippen molar-refractivity contribution in [2.24, 2.45) is 0 Å². The highest BCUT2D eigenvalue weighted by molar-refractivity contribution is 6.30. The summed E-state index contributed by atoms with van der Waals surface area (Å²) >= 11 is 5.85. The van der Waals surface area contributed by atoms with Crippen LogP contribution in [-0.2, 0) is 0 Å². The monoisotopic (exact) mass is 320 g/mol. The molecular weight excluding hydrogens is 304 g/mol. The molecule has 1 amide bonds. The van der Waals surface area contributed by atoms with E-state index in [2.05, 4.69) is 5.16 Å². The van der Waals surface area contributed by atoms with E-state index in [4.69, 9.17) is 20.9 Å². The van der Waals surface area contributed by atoms with Gasteiger partial charge in [-0.15, -0.1) is 0 Å². The van der Waals surface area contributed by atoms with Gasteiger partial charge in [0.15, 0.2) is 0 Å². The van der Waals surface area contributed by atoms with Crippen LogP contribution in [0, 0.1) is 6.92 Å². The lowest BCUT2D eigenvalue weighted by Gasteiger charge is -2.31. The number of aryl methyl sites for hydroxylation is 1. The van der Waals surface area contributed by atoms with Crippen LogP contribution in [0.3, 0.4) is 0 Å². The normalized spacial score (nSPS) is 15.8. The largest absolute Gasteiger partial charge is 0.490 e. The number of hydrogen-bond acceptors (Lipinski definition) is 4. The summed E-state index contributed by atoms with van der Waals surface area (Å²) in [5.41, 5.74) is 0.712. The Bertz CT molecular complexity index is 646. The van der Waals surface area contributed by atoms with Gasteiger partial charge < -0.3 is 14.2 Å². The summed E-state index contributed by atoms with van der Waals surface area (Å²) in [6, 6.07) is 9.00. The fourth-order valence-electron chi connectivity index (χ4n) is 2.50. The molecule has 0 aliphatic carbocycles. The van der Waals surface area contributed by atoms with Gasteiger partial charge in [0, 0.05) is 37.0 Å². The molecule has 1 aromatic carbocycles. The quantitative estimate of drug-likeness (QED) is 0.870. The van der Waals surface area contributed by atoms with Gasteiger partial charge >= 0.3 is 0 Å². The smallest absolute Gasteiger partial charge is 0.292 e. The summed E-state index contributed by atoms with van der Waals surface area (Å²) in [6.07, 6.45) is 1.70. The van der Waals surface area contributed by atoms with Crippen LogP contribution in [0.25, 0.3) is 0 Å². The number of ether oxygens (including phenoxy) is 1. The van der Waals surface area contributed by atoms with Crippen molar-refractivity contribution in [3.8, 4) is 5.75 Å². The van der Waals surface area contributed by atoms with E-state index < -0.39 is 0 Å². The van der Waals surface area contributed by atoms with Crippen LogP contribution >= 0.6 is 11.6 Å². The molecule has 2 aromatic rings. The number of carbonyl (C=O) groups is 1. The van der Waals surface area contributed by atoms with Gasteiger partial charge in [-0.25, -0.2) is 0 Å². The maximum Gasteiger partial charge on any atom is 0.292 e. The summed E-state index contributed by atoms with van der Waals surface area (Å²) in [7, 11) is 0. The molecular formula is C16H17ClN2O3. The van der Waals surface area contributed by atoms with Crippen LogP contribution in [0.5, 0.6) is 5.75 Å². The van der Waals surface area contributed by atoms with E-state index in [9.17, 15) is 4.79 Å². The van der Waals surface area contributed by atoms with Crippen LogP contribution in [0.2, 0.25) is 5.02 Å². The Hall–Kier alpha value is -2.01. The molecule has 1 aromatic heterocycles. The third kappa shape index (κ3) is 3.42. The average Bonchev–Trinajstić information content (AvgIpc) is 2.96. The van der Waals surface area contributed by atoms with Crippen LogP contribution in [0.15, 0.2) is 34.9 Å². The lowest BCUT2D eigenvalue weighted by molar-refractivity contribution is 0.0558. The lowest BCUT2D eigenvalue weighted by atomic mass is 10.1. The maximum atomic E-state index is 12.3. The van der Waals surface area contributed by atoms with E-state index in [1.54, 1.807) is 17.9 Å². The number of hydrogen-bond donors (Lipinski definition) is 0. The minimum Gasteiger partial charge on any atom is -0.490 e. The molecule has 2 heterocycles. The Morgan fingerprint density at radius 3 is 2.59 bits per heavy atom. The minimum absolute atomic E-state index is 0.106. The molecule has 116 valence electrons. The van der Waals surface area contributed by atoms with Crippen LogP contribution in [0.1, 0.15) is 29.1 Å². The van der Waals surface area contributed by atoms with Crippen molar-refractivity contribution < 1.29 is 14.1 Å². The summed E-state index contributed by atoms with van der Waals surface area (Å²) in [5.74, 6) is 1.00. The molecule has 22 heavy (non-hydrogen) atoms. The van der Waals surface area contributed by atoms with E-state index in [-0.39, 0.29) is 12.0 Å². The number of carbonyl (C=O) groups excluding carboxylic acids is 1. The second-order valence-corrected chi connectivity index (χ2v) is 5.83. The Morgan fingerprint density at radius 2 is 2.00 bits per heavy atom. The van der Waals surface area contributed by atoms with E-state index in [1.165, 1.54) is 0 Å². The molecule has 6 heteroatoms. The maximum absolute atomic E-state index is 12.3. The number of rotatable bonds is 3. The molecule has 3 rings (SSSR count). The topological polar surface area (TPSA) is 55.6 Å². The van der Waals surface area contributed by atoms with Gasteiger partial charge in [-0.3, -0.25) is 4.79 Å². The molecule has 0 atom stereocenters. The third-order valence-corrected chi connectivity index (χ3v) is 3.94. The van der Waals surface area contributed by atoms with Gasteiger partial charge in [-0.05, 0) is 31.2 Å². The zero-order valence-corrected chi connectivity index (χ0v) is 13.0. The third-order valence-electron chi connectivity index (χ3n) is 3.68. The highest BCUT2D eigenvalue weighted by Gasteiger charge is 2.26. The van der Waals surface area contributed by atoms with E-state index in [1.807, 2.05) is 24.3 Å². The van der Waals surface area contributed by atoms with Crippen molar-refractivity contribution in [3.63, 3.8) is 0 Å². The Labute approximate surface area is 133 Å². The molecule has 0 saturated carbocycles. The fraction of sp³-hybridized carbons (Fsp3) is 0.375. The molecule has 1 fully saturated rings. The molecule has 0 N–H and O–H groups in total. The fourth-order valence-corrected chi connectivity index (χ4v) is 2.63. The lowest BCUT2D eigenvalue weighted by Crippen LogP contribution is -2.41. The first-order valence-electron chi connectivity index (χ1n) is 7.26. The second kappa shape index (κ2) is 6.40. The summed E-state index contributed by atoms with van der Waals surface area (Å²) < 4.78 is 10.9. The SMILES string of the molecule is Cc1cc(C(=O)N2CCC(Oc3ccc(Cl)cc3)CC2)on1. The van der Waals surface area contributed by atoms with Gasteiger partial charge in [0.25, 0.3) is 5.91 Å². The molecule has 0 bridgehead atoms. The highest BCUT2D eigenvalue weighted by atomic mass is 35.5. The number of likely N-dealkylation sites (tertiary alicyclic amines) is 1. The molecule has 0 spiro atoms. The van der Waals surface area contributed by atoms with Gasteiger partial charge in [-0.2, -0.15) is 0 Å². The number of nitrogens with zero attached hydrogens (tertiary/aromatic N) is 2. The van der Waals surface area contributed by atoms with E-state index in [0.29, 0.717) is 29.6 Å². The second-order valence-electron chi connectivity index (χ2n) is 5.40. The van der Waals surface area contributed by atoms with Gasteiger partial charge in [0.05, 0.1) is 5.69 Å². The van der Waals surface area contributed by atoms with Crippen LogP contribution in [0.4, 0.5) is 0 Å². The molecule has 0 radical (unpaired) electrons. The van der Waals surface area contributed by atoms with Crippen molar-refractivity contribution in [1.29, 1.82) is 0 Å². The Morgan fingerprint density at radius 1 is 1.32 bits per heavy atom. The van der Waals surface area contributed by atoms with Crippen molar-refractivity contribution in [2.75, 3.05) is 13.1 Å². The summed E-state index contributed by atoms with van der Waals surface area (Å²) in [5, 5.41) is 4.44. The van der Waals surface area contributed by atoms with Gasteiger partial charge in [0.2, 0.25) is 5.76 Å². The minimum atomic E-state index is -0.106. The Balaban J connectivity index is 1.54. The van der Waals surface area contributed by atoms with Crippen LogP contribution < -0.4 is 4.74 Å². The zero-order valence-electron chi connectivity index (χ0n) is 12.3. The molecule has 5 nitrogen and oxygen atoms in total. The van der Waals surface area contributed by atoms with E-state index in [0.717, 1.165) is 18.6 Å². The molecule has 1 saturated heterocycles. The first kappa shape index (κ1) is 14.9. The first-order valence-corrected chi connectivity index (χ1v) is 7.64. The number of amides is 1. The van der Waals surface area contributed by atoms with Crippen molar-refractivity contribution in [1.82, 2.24) is 10.1 Å². The van der Waals surface area contributed by atoms with Crippen LogP contribution in [-0.4, -0.2) is 35.2 Å². The first-order chi connectivity index (χ1) is 10.6. The highest BCUT2D eigenvalue weighted by Crippen LogP contribution is 2.22. The van der Waals surface area contributed by atoms with Crippen molar-refractivity contribution >= 4 is 17.5 Å². The summed E-state index contributed by atoms with van der Waals surface area (Å²) in [6.45, 7) is 3.10. The van der Waals surface area contributed by atoms with Crippen molar-refractivity contribution in [2.45, 2.75) is 25.9 Å². The number of aromatic nitrogens is 1. The number of halogens is 1.